The third-order valence-corrected chi connectivity index (χ3v) is 3.73. The van der Waals surface area contributed by atoms with E-state index in [1.807, 2.05) is 11.4 Å². The average Bonchev–Trinajstić information content (AvgIpc) is 2.78. The topological polar surface area (TPSA) is 54.9 Å². The molecular formula is C10H9BBrN3OS. The molecule has 1 unspecified atom stereocenters. The van der Waals surface area contributed by atoms with Crippen molar-refractivity contribution < 1.29 is 4.79 Å². The Labute approximate surface area is 112 Å². The van der Waals surface area contributed by atoms with Gasteiger partial charge in [-0.25, -0.2) is 9.97 Å². The van der Waals surface area contributed by atoms with Gasteiger partial charge in [-0.15, -0.1) is 11.3 Å². The molecule has 2 aromatic heterocycles. The fourth-order valence-corrected chi connectivity index (χ4v) is 2.36. The van der Waals surface area contributed by atoms with E-state index < -0.39 is 4.22 Å². The van der Waals surface area contributed by atoms with E-state index in [9.17, 15) is 4.79 Å². The summed E-state index contributed by atoms with van der Waals surface area (Å²) < 4.78 is 0.0394. The zero-order valence-electron chi connectivity index (χ0n) is 8.89. The van der Waals surface area contributed by atoms with Crippen LogP contribution in [-0.4, -0.2) is 34.9 Å². The first-order valence-corrected chi connectivity index (χ1v) is 6.66. The quantitative estimate of drug-likeness (QED) is 0.521. The van der Waals surface area contributed by atoms with Crippen molar-refractivity contribution in [2.45, 2.75) is 10.6 Å². The Morgan fingerprint density at radius 2 is 2.41 bits per heavy atom. The van der Waals surface area contributed by atoms with E-state index in [0.717, 1.165) is 16.0 Å². The molecule has 0 amide bonds. The molecule has 0 spiro atoms. The Morgan fingerprint density at radius 3 is 3.18 bits per heavy atom. The first kappa shape index (κ1) is 12.5. The van der Waals surface area contributed by atoms with Crippen LogP contribution in [0.4, 0.5) is 5.82 Å². The predicted molar refractivity (Wildman–Crippen MR) is 74.0 cm³/mol. The summed E-state index contributed by atoms with van der Waals surface area (Å²) in [7, 11) is 5.65. The number of nitrogens with zero attached hydrogens (tertiary/aromatic N) is 2. The summed E-state index contributed by atoms with van der Waals surface area (Å²) in [6.45, 7) is 0.560. The van der Waals surface area contributed by atoms with Gasteiger partial charge in [-0.1, -0.05) is 15.9 Å². The molecule has 0 aliphatic rings. The first-order valence-electron chi connectivity index (χ1n) is 4.98. The monoisotopic (exact) mass is 309 g/mol. The summed E-state index contributed by atoms with van der Waals surface area (Å²) >= 11 is 4.71. The highest BCUT2D eigenvalue weighted by molar-refractivity contribution is 9.10. The lowest BCUT2D eigenvalue weighted by Gasteiger charge is -2.15. The Balaban J connectivity index is 2.04. The molecule has 0 aromatic carbocycles. The van der Waals surface area contributed by atoms with E-state index in [0.29, 0.717) is 19.3 Å². The number of alkyl halides is 1. The summed E-state index contributed by atoms with van der Waals surface area (Å²) in [4.78, 5) is 18.9. The van der Waals surface area contributed by atoms with Crippen molar-refractivity contribution in [3.63, 3.8) is 0 Å². The molecule has 17 heavy (non-hydrogen) atoms. The molecule has 7 heteroatoms. The normalized spacial score (nSPS) is 14.4. The SMILES string of the molecule is [B]C(Br)(C=O)CCNc1ncnc2ccsc12. The number of fused-ring (bicyclic) bond motifs is 1. The van der Waals surface area contributed by atoms with E-state index in [1.54, 1.807) is 11.3 Å². The molecule has 0 aliphatic heterocycles. The number of thiophene rings is 1. The van der Waals surface area contributed by atoms with Crippen LogP contribution in [0.1, 0.15) is 6.42 Å². The molecule has 0 aliphatic carbocycles. The lowest BCUT2D eigenvalue weighted by Crippen LogP contribution is -2.26. The predicted octanol–water partition coefficient (Wildman–Crippen LogP) is 1.95. The number of halogens is 1. The largest absolute Gasteiger partial charge is 0.369 e. The van der Waals surface area contributed by atoms with Gasteiger partial charge in [0.05, 0.1) is 10.2 Å². The molecule has 2 rings (SSSR count). The van der Waals surface area contributed by atoms with Gasteiger partial charge in [0.15, 0.2) is 0 Å². The van der Waals surface area contributed by atoms with Gasteiger partial charge in [-0.05, 0) is 17.9 Å². The van der Waals surface area contributed by atoms with E-state index in [1.165, 1.54) is 6.33 Å². The average molecular weight is 310 g/mol. The number of rotatable bonds is 5. The minimum absolute atomic E-state index is 0.480. The van der Waals surface area contributed by atoms with Gasteiger partial charge in [-0.3, -0.25) is 0 Å². The number of hydrogen-bond acceptors (Lipinski definition) is 5. The molecule has 2 heterocycles. The zero-order valence-corrected chi connectivity index (χ0v) is 11.3. The molecule has 4 nitrogen and oxygen atoms in total. The van der Waals surface area contributed by atoms with Crippen molar-refractivity contribution in [3.8, 4) is 0 Å². The zero-order chi connectivity index (χ0) is 12.3. The first-order chi connectivity index (χ1) is 8.12. The van der Waals surface area contributed by atoms with Crippen LogP contribution < -0.4 is 5.32 Å². The smallest absolute Gasteiger partial charge is 0.147 e. The Kier molecular flexibility index (Phi) is 3.78. The van der Waals surface area contributed by atoms with Crippen LogP contribution >= 0.6 is 27.3 Å². The Hall–Kier alpha value is -0.945. The second-order valence-corrected chi connectivity index (χ2v) is 5.97. The van der Waals surface area contributed by atoms with Crippen molar-refractivity contribution >= 4 is 57.4 Å². The van der Waals surface area contributed by atoms with Gasteiger partial charge in [0.1, 0.15) is 26.3 Å². The number of aldehydes is 1. The molecular weight excluding hydrogens is 301 g/mol. The third kappa shape index (κ3) is 3.04. The highest BCUT2D eigenvalue weighted by atomic mass is 79.9. The minimum Gasteiger partial charge on any atom is -0.369 e. The van der Waals surface area contributed by atoms with E-state index in [2.05, 4.69) is 31.2 Å². The summed E-state index contributed by atoms with van der Waals surface area (Å²) in [5.41, 5.74) is 0.917. The van der Waals surface area contributed by atoms with Crippen molar-refractivity contribution in [3.05, 3.63) is 17.8 Å². The molecule has 2 aromatic rings. The van der Waals surface area contributed by atoms with Crippen molar-refractivity contribution in [2.75, 3.05) is 11.9 Å². The van der Waals surface area contributed by atoms with Crippen LogP contribution in [0.5, 0.6) is 0 Å². The van der Waals surface area contributed by atoms with Crippen LogP contribution in [0.15, 0.2) is 17.8 Å². The number of hydrogen-bond donors (Lipinski definition) is 1. The van der Waals surface area contributed by atoms with Gasteiger partial charge >= 0.3 is 0 Å². The fraction of sp³-hybridized carbons (Fsp3) is 0.300. The maximum atomic E-state index is 10.6. The number of carbonyl (C=O) groups is 1. The second-order valence-electron chi connectivity index (χ2n) is 3.58. The molecule has 1 atom stereocenters. The van der Waals surface area contributed by atoms with Crippen molar-refractivity contribution in [2.24, 2.45) is 0 Å². The summed E-state index contributed by atoms with van der Waals surface area (Å²) in [5, 5.41) is 5.12. The molecule has 0 fully saturated rings. The number of nitrogens with one attached hydrogen (secondary N) is 1. The van der Waals surface area contributed by atoms with Crippen molar-refractivity contribution in [1.82, 2.24) is 9.97 Å². The van der Waals surface area contributed by atoms with Crippen LogP contribution in [0.25, 0.3) is 10.2 Å². The molecule has 1 N–H and O–H groups in total. The lowest BCUT2D eigenvalue weighted by molar-refractivity contribution is -0.108. The molecule has 0 saturated carbocycles. The van der Waals surface area contributed by atoms with Crippen molar-refractivity contribution in [1.29, 1.82) is 0 Å². The molecule has 0 saturated heterocycles. The maximum Gasteiger partial charge on any atom is 0.147 e. The third-order valence-electron chi connectivity index (χ3n) is 2.24. The van der Waals surface area contributed by atoms with Gasteiger partial charge in [0.25, 0.3) is 0 Å². The second kappa shape index (κ2) is 5.14. The summed E-state index contributed by atoms with van der Waals surface area (Å²) in [6.07, 6.45) is 2.68. The van der Waals surface area contributed by atoms with Crippen LogP contribution in [0, 0.1) is 0 Å². The molecule has 0 bridgehead atoms. The van der Waals surface area contributed by atoms with Crippen LogP contribution in [-0.2, 0) is 4.79 Å². The van der Waals surface area contributed by atoms with E-state index in [4.69, 9.17) is 7.85 Å². The van der Waals surface area contributed by atoms with E-state index in [-0.39, 0.29) is 0 Å². The number of carbonyl (C=O) groups excluding carboxylic acids is 1. The van der Waals surface area contributed by atoms with E-state index >= 15 is 0 Å². The Bertz CT molecular complexity index is 531. The highest BCUT2D eigenvalue weighted by Gasteiger charge is 2.17. The number of anilines is 1. The number of aromatic nitrogens is 2. The Morgan fingerprint density at radius 1 is 1.59 bits per heavy atom. The maximum absolute atomic E-state index is 10.6. The van der Waals surface area contributed by atoms with Gasteiger partial charge < -0.3 is 10.1 Å². The standard InChI is InChI=1S/C10H9BBrN3OS/c11-10(12,5-16)2-3-13-9-8-7(1-4-17-8)14-6-15-9/h1,4-6H,2-3H2,(H,13,14,15). The van der Waals surface area contributed by atoms with Gasteiger partial charge in [0.2, 0.25) is 0 Å². The highest BCUT2D eigenvalue weighted by Crippen LogP contribution is 2.25. The minimum atomic E-state index is -0.971. The van der Waals surface area contributed by atoms with Crippen LogP contribution in [0.2, 0.25) is 0 Å². The lowest BCUT2D eigenvalue weighted by atomic mass is 9.86. The van der Waals surface area contributed by atoms with Gasteiger partial charge in [-0.2, -0.15) is 0 Å². The molecule has 2 radical (unpaired) electrons. The fourth-order valence-electron chi connectivity index (χ4n) is 1.35. The summed E-state index contributed by atoms with van der Waals surface area (Å²) in [6, 6.07) is 1.94. The summed E-state index contributed by atoms with van der Waals surface area (Å²) in [5.74, 6) is 0.777. The van der Waals surface area contributed by atoms with Crippen LogP contribution in [0.3, 0.4) is 0 Å². The van der Waals surface area contributed by atoms with Gasteiger partial charge in [0, 0.05) is 10.8 Å². The molecule has 86 valence electrons.